The number of imidazole rings is 1. The summed E-state index contributed by atoms with van der Waals surface area (Å²) in [5, 5.41) is 0. The SMILES string of the molecule is O=C(CC1CCCCC1)N1CCN(c2nc3ccccc3n2Cc2ccccc2)CC1. The molecule has 1 aliphatic heterocycles. The Kier molecular flexibility index (Phi) is 5.92. The minimum atomic E-state index is 0.351. The van der Waals surface area contributed by atoms with E-state index < -0.39 is 0 Å². The van der Waals surface area contributed by atoms with Gasteiger partial charge in [0, 0.05) is 32.6 Å². The molecule has 0 bridgehead atoms. The first kappa shape index (κ1) is 20.1. The Balaban J connectivity index is 1.30. The van der Waals surface area contributed by atoms with Crippen LogP contribution >= 0.6 is 0 Å². The lowest BCUT2D eigenvalue weighted by Crippen LogP contribution is -2.49. The van der Waals surface area contributed by atoms with Crippen LogP contribution in [0.5, 0.6) is 0 Å². The normalized spacial score (nSPS) is 17.9. The summed E-state index contributed by atoms with van der Waals surface area (Å²) >= 11 is 0. The number of amides is 1. The lowest BCUT2D eigenvalue weighted by Gasteiger charge is -2.36. The number of carbonyl (C=O) groups is 1. The molecule has 2 aromatic carbocycles. The van der Waals surface area contributed by atoms with Crippen LogP contribution in [0.25, 0.3) is 11.0 Å². The second-order valence-electron chi connectivity index (χ2n) is 9.05. The molecule has 5 heteroatoms. The smallest absolute Gasteiger partial charge is 0.222 e. The molecule has 5 nitrogen and oxygen atoms in total. The van der Waals surface area contributed by atoms with Gasteiger partial charge in [-0.05, 0) is 36.5 Å². The maximum atomic E-state index is 12.8. The Morgan fingerprint density at radius 2 is 1.58 bits per heavy atom. The zero-order valence-electron chi connectivity index (χ0n) is 18.2. The van der Waals surface area contributed by atoms with Crippen LogP contribution in [0.4, 0.5) is 5.95 Å². The summed E-state index contributed by atoms with van der Waals surface area (Å²) in [5.41, 5.74) is 3.47. The van der Waals surface area contributed by atoms with Gasteiger partial charge in [-0.25, -0.2) is 4.98 Å². The van der Waals surface area contributed by atoms with Crippen molar-refractivity contribution in [1.82, 2.24) is 14.5 Å². The third-order valence-electron chi connectivity index (χ3n) is 6.92. The number of fused-ring (bicyclic) bond motifs is 1. The van der Waals surface area contributed by atoms with E-state index in [2.05, 4.69) is 62.9 Å². The van der Waals surface area contributed by atoms with Crippen molar-refractivity contribution in [3.63, 3.8) is 0 Å². The average molecular weight is 417 g/mol. The van der Waals surface area contributed by atoms with E-state index in [1.165, 1.54) is 37.7 Å². The number of hydrogen-bond donors (Lipinski definition) is 0. The lowest BCUT2D eigenvalue weighted by molar-refractivity contribution is -0.132. The second kappa shape index (κ2) is 9.13. The molecule has 2 fully saturated rings. The highest BCUT2D eigenvalue weighted by molar-refractivity contribution is 5.79. The Morgan fingerprint density at radius 3 is 2.35 bits per heavy atom. The molecule has 1 amide bonds. The first-order chi connectivity index (χ1) is 15.3. The highest BCUT2D eigenvalue weighted by Crippen LogP contribution is 2.28. The molecule has 2 heterocycles. The number of hydrogen-bond acceptors (Lipinski definition) is 3. The topological polar surface area (TPSA) is 41.4 Å². The fourth-order valence-corrected chi connectivity index (χ4v) is 5.15. The molecule has 3 aromatic rings. The van der Waals surface area contributed by atoms with E-state index in [0.29, 0.717) is 11.8 Å². The van der Waals surface area contributed by atoms with Crippen molar-refractivity contribution >= 4 is 22.9 Å². The fourth-order valence-electron chi connectivity index (χ4n) is 5.15. The summed E-state index contributed by atoms with van der Waals surface area (Å²) in [6, 6.07) is 18.9. The van der Waals surface area contributed by atoms with Gasteiger partial charge in [-0.2, -0.15) is 0 Å². The van der Waals surface area contributed by atoms with Gasteiger partial charge in [0.2, 0.25) is 11.9 Å². The Morgan fingerprint density at radius 1 is 0.871 bits per heavy atom. The highest BCUT2D eigenvalue weighted by Gasteiger charge is 2.26. The molecule has 0 N–H and O–H groups in total. The largest absolute Gasteiger partial charge is 0.339 e. The first-order valence-electron chi connectivity index (χ1n) is 11.8. The van der Waals surface area contributed by atoms with Crippen molar-refractivity contribution in [2.45, 2.75) is 45.1 Å². The Hall–Kier alpha value is -2.82. The van der Waals surface area contributed by atoms with E-state index in [-0.39, 0.29) is 0 Å². The Labute approximate surface area is 184 Å². The van der Waals surface area contributed by atoms with E-state index in [0.717, 1.165) is 56.1 Å². The second-order valence-corrected chi connectivity index (χ2v) is 9.05. The molecule has 0 spiro atoms. The molecule has 1 aliphatic carbocycles. The van der Waals surface area contributed by atoms with Crippen molar-refractivity contribution in [3.8, 4) is 0 Å². The van der Waals surface area contributed by atoms with Gasteiger partial charge in [0.15, 0.2) is 0 Å². The predicted molar refractivity (Wildman–Crippen MR) is 125 cm³/mol. The third-order valence-corrected chi connectivity index (χ3v) is 6.92. The lowest BCUT2D eigenvalue weighted by atomic mass is 9.86. The van der Waals surface area contributed by atoms with Gasteiger partial charge in [-0.3, -0.25) is 4.79 Å². The summed E-state index contributed by atoms with van der Waals surface area (Å²) < 4.78 is 2.32. The number of benzene rings is 2. The van der Waals surface area contributed by atoms with E-state index in [9.17, 15) is 4.79 Å². The molecule has 162 valence electrons. The number of anilines is 1. The van der Waals surface area contributed by atoms with Crippen LogP contribution in [0.1, 0.15) is 44.1 Å². The van der Waals surface area contributed by atoms with Crippen molar-refractivity contribution in [3.05, 3.63) is 60.2 Å². The third kappa shape index (κ3) is 4.46. The van der Waals surface area contributed by atoms with Crippen LogP contribution in [0, 0.1) is 5.92 Å². The molecule has 2 aliphatic rings. The van der Waals surface area contributed by atoms with Crippen LogP contribution in [0.2, 0.25) is 0 Å². The molecule has 1 saturated heterocycles. The van der Waals surface area contributed by atoms with Crippen LogP contribution in [-0.2, 0) is 11.3 Å². The Bertz CT molecular complexity index is 1010. The monoisotopic (exact) mass is 416 g/mol. The number of piperazine rings is 1. The van der Waals surface area contributed by atoms with Gasteiger partial charge in [0.25, 0.3) is 0 Å². The number of para-hydroxylation sites is 2. The molecule has 31 heavy (non-hydrogen) atoms. The minimum absolute atomic E-state index is 0.351. The van der Waals surface area contributed by atoms with Gasteiger partial charge >= 0.3 is 0 Å². The number of rotatable bonds is 5. The fraction of sp³-hybridized carbons (Fsp3) is 0.462. The molecule has 1 aromatic heterocycles. The quantitative estimate of drug-likeness (QED) is 0.605. The van der Waals surface area contributed by atoms with Crippen LogP contribution in [0.3, 0.4) is 0 Å². The molecular formula is C26H32N4O. The molecule has 0 atom stereocenters. The average Bonchev–Trinajstić information content (AvgIpc) is 3.19. The van der Waals surface area contributed by atoms with E-state index in [1.54, 1.807) is 0 Å². The summed E-state index contributed by atoms with van der Waals surface area (Å²) in [5.74, 6) is 1.98. The van der Waals surface area contributed by atoms with Gasteiger partial charge in [0.05, 0.1) is 17.6 Å². The molecule has 1 saturated carbocycles. The molecule has 0 unspecified atom stereocenters. The van der Waals surface area contributed by atoms with Crippen molar-refractivity contribution in [2.75, 3.05) is 31.1 Å². The first-order valence-corrected chi connectivity index (χ1v) is 11.8. The van der Waals surface area contributed by atoms with E-state index in [4.69, 9.17) is 4.98 Å². The maximum Gasteiger partial charge on any atom is 0.222 e. The summed E-state index contributed by atoms with van der Waals surface area (Å²) in [6.07, 6.45) is 7.14. The number of nitrogens with zero attached hydrogens (tertiary/aromatic N) is 4. The summed E-state index contributed by atoms with van der Waals surface area (Å²) in [7, 11) is 0. The molecular weight excluding hydrogens is 384 g/mol. The number of carbonyl (C=O) groups excluding carboxylic acids is 1. The molecule has 0 radical (unpaired) electrons. The maximum absolute atomic E-state index is 12.8. The zero-order valence-corrected chi connectivity index (χ0v) is 18.2. The van der Waals surface area contributed by atoms with Gasteiger partial charge in [-0.1, -0.05) is 61.7 Å². The number of aromatic nitrogens is 2. The van der Waals surface area contributed by atoms with E-state index >= 15 is 0 Å². The van der Waals surface area contributed by atoms with Crippen LogP contribution < -0.4 is 4.90 Å². The summed E-state index contributed by atoms with van der Waals surface area (Å²) in [6.45, 7) is 4.07. The van der Waals surface area contributed by atoms with Crippen molar-refractivity contribution < 1.29 is 4.79 Å². The standard InChI is InChI=1S/C26H32N4O/c31-25(19-21-9-3-1-4-10-21)28-15-17-29(18-16-28)26-27-23-13-7-8-14-24(23)30(26)20-22-11-5-2-6-12-22/h2,5-8,11-14,21H,1,3-4,9-10,15-20H2. The van der Waals surface area contributed by atoms with Gasteiger partial charge < -0.3 is 14.4 Å². The van der Waals surface area contributed by atoms with Gasteiger partial charge in [0.1, 0.15) is 0 Å². The van der Waals surface area contributed by atoms with Crippen LogP contribution in [-0.4, -0.2) is 46.5 Å². The van der Waals surface area contributed by atoms with Crippen molar-refractivity contribution in [2.24, 2.45) is 5.92 Å². The summed E-state index contributed by atoms with van der Waals surface area (Å²) in [4.78, 5) is 22.3. The highest BCUT2D eigenvalue weighted by atomic mass is 16.2. The predicted octanol–water partition coefficient (Wildman–Crippen LogP) is 4.70. The van der Waals surface area contributed by atoms with E-state index in [1.807, 2.05) is 6.07 Å². The molecule has 5 rings (SSSR count). The zero-order chi connectivity index (χ0) is 21.0. The van der Waals surface area contributed by atoms with Crippen molar-refractivity contribution in [1.29, 1.82) is 0 Å². The minimum Gasteiger partial charge on any atom is -0.339 e. The van der Waals surface area contributed by atoms with Crippen LogP contribution in [0.15, 0.2) is 54.6 Å². The van der Waals surface area contributed by atoms with Gasteiger partial charge in [-0.15, -0.1) is 0 Å².